The molecule has 260 valence electrons. The summed E-state index contributed by atoms with van der Waals surface area (Å²) in [7, 11) is 0. The maximum absolute atomic E-state index is 12.6. The predicted molar refractivity (Wildman–Crippen MR) is 171 cm³/mol. The highest BCUT2D eigenvalue weighted by Gasteiger charge is 2.68. The molecule has 3 heterocycles. The zero-order valence-corrected chi connectivity index (χ0v) is 30.4. The molecule has 3 unspecified atom stereocenters. The minimum Gasteiger partial charge on any atom is -1.00 e. The van der Waals surface area contributed by atoms with Gasteiger partial charge < -0.3 is 40.4 Å². The molecule has 10 atom stereocenters. The van der Waals surface area contributed by atoms with Crippen LogP contribution in [0.15, 0.2) is 12.7 Å². The second-order valence-corrected chi connectivity index (χ2v) is 16.7. The van der Waals surface area contributed by atoms with Crippen LogP contribution in [0.5, 0.6) is 0 Å². The molecule has 0 bridgehead atoms. The number of hydrogen-bond acceptors (Lipinski definition) is 7. The zero-order chi connectivity index (χ0) is 31.6. The predicted octanol–water partition coefficient (Wildman–Crippen LogP) is 2.49. The van der Waals surface area contributed by atoms with Crippen molar-refractivity contribution >= 4 is 11.9 Å². The van der Waals surface area contributed by atoms with E-state index in [1.165, 1.54) is 45.2 Å². The van der Waals surface area contributed by atoms with Crippen LogP contribution in [-0.4, -0.2) is 97.3 Å². The Labute approximate surface area is 287 Å². The summed E-state index contributed by atoms with van der Waals surface area (Å²) in [5.41, 5.74) is 0.226. The summed E-state index contributed by atoms with van der Waals surface area (Å²) in [6, 6.07) is 0.596. The van der Waals surface area contributed by atoms with Crippen LogP contribution < -0.4 is 17.0 Å². The molecule has 8 nitrogen and oxygen atoms in total. The van der Waals surface area contributed by atoms with Gasteiger partial charge in [0.05, 0.1) is 32.8 Å². The average Bonchev–Trinajstić information content (AvgIpc) is 3.72. The molecule has 0 aromatic heterocycles. The molecule has 4 aliphatic carbocycles. The molecular formula is C37H59BrN2O6. The second-order valence-electron chi connectivity index (χ2n) is 16.7. The third kappa shape index (κ3) is 5.74. The Morgan fingerprint density at radius 1 is 0.913 bits per heavy atom. The lowest BCUT2D eigenvalue weighted by Gasteiger charge is -2.62. The van der Waals surface area contributed by atoms with E-state index in [1.807, 2.05) is 0 Å². The molecule has 0 amide bonds. The summed E-state index contributed by atoms with van der Waals surface area (Å²) in [5.74, 6) is 1.76. The Morgan fingerprint density at radius 2 is 1.59 bits per heavy atom. The minimum absolute atomic E-state index is 0. The SMILES string of the molecule is C=CC[N+]1([C@H]2CC3C4CC[C@H]5C[C@H](OC(C)=O)[C@@H](N6CCC7(CC6)OCCO7)C[C@]5(C)C4CC[C@]3(C)[C@H]2OC(C)=O)CCCC1.[Br-]. The van der Waals surface area contributed by atoms with Crippen molar-refractivity contribution in [3.8, 4) is 0 Å². The van der Waals surface area contributed by atoms with Gasteiger partial charge in [-0.1, -0.05) is 20.4 Å². The van der Waals surface area contributed by atoms with E-state index in [2.05, 4.69) is 31.4 Å². The van der Waals surface area contributed by atoms with Crippen LogP contribution in [-0.2, 0) is 28.5 Å². The van der Waals surface area contributed by atoms with Gasteiger partial charge in [0.2, 0.25) is 0 Å². The van der Waals surface area contributed by atoms with E-state index in [1.54, 1.807) is 13.8 Å². The summed E-state index contributed by atoms with van der Waals surface area (Å²) < 4.78 is 25.7. The zero-order valence-electron chi connectivity index (χ0n) is 28.9. The van der Waals surface area contributed by atoms with E-state index in [4.69, 9.17) is 18.9 Å². The van der Waals surface area contributed by atoms with Crippen LogP contribution in [0.4, 0.5) is 0 Å². The number of nitrogens with zero attached hydrogens (tertiary/aromatic N) is 2. The molecule has 3 saturated heterocycles. The first-order valence-electron chi connectivity index (χ1n) is 18.4. The standard InChI is InChI=1S/C37H59N2O6.BrH/c1-6-17-39(18-7-8-19-39)32-23-30-28-10-9-27-22-33(44-25(2)40)31(38-15-13-37(14-16-38)42-20-21-43-37)24-36(27,5)29(28)11-12-35(30,4)34(32)45-26(3)41;/h6,27-34H,1,7-24H2,2-5H3;1H/q+1;/p-1/t27-,28?,29?,30?,31-,32-,33-,34-,35-,36-;/m0./s1. The number of fused-ring (bicyclic) bond motifs is 5. The van der Waals surface area contributed by atoms with Crippen molar-refractivity contribution in [2.75, 3.05) is 45.9 Å². The number of piperidine rings is 1. The smallest absolute Gasteiger partial charge is 0.303 e. The van der Waals surface area contributed by atoms with Gasteiger partial charge in [0.15, 0.2) is 11.9 Å². The van der Waals surface area contributed by atoms with Crippen molar-refractivity contribution in [1.82, 2.24) is 4.90 Å². The first-order chi connectivity index (χ1) is 21.5. The second kappa shape index (κ2) is 13.0. The molecule has 46 heavy (non-hydrogen) atoms. The number of quaternary nitrogens is 1. The number of hydrogen-bond donors (Lipinski definition) is 0. The summed E-state index contributed by atoms with van der Waals surface area (Å²) in [4.78, 5) is 27.6. The molecule has 0 N–H and O–H groups in total. The topological polar surface area (TPSA) is 74.3 Å². The van der Waals surface area contributed by atoms with E-state index in [0.717, 1.165) is 62.6 Å². The molecule has 7 fully saturated rings. The van der Waals surface area contributed by atoms with Crippen LogP contribution in [0.3, 0.4) is 0 Å². The van der Waals surface area contributed by atoms with Gasteiger partial charge in [0.25, 0.3) is 0 Å². The van der Waals surface area contributed by atoms with Gasteiger partial charge in [-0.25, -0.2) is 0 Å². The van der Waals surface area contributed by atoms with Gasteiger partial charge in [0, 0.05) is 70.5 Å². The largest absolute Gasteiger partial charge is 1.00 e. The van der Waals surface area contributed by atoms with Crippen LogP contribution in [0.25, 0.3) is 0 Å². The molecule has 4 saturated carbocycles. The maximum Gasteiger partial charge on any atom is 0.303 e. The van der Waals surface area contributed by atoms with Gasteiger partial charge in [-0.2, -0.15) is 0 Å². The highest BCUT2D eigenvalue weighted by atomic mass is 79.9. The van der Waals surface area contributed by atoms with E-state index in [9.17, 15) is 9.59 Å². The molecule has 1 spiro atoms. The highest BCUT2D eigenvalue weighted by Crippen LogP contribution is 2.68. The van der Waals surface area contributed by atoms with Gasteiger partial charge in [0.1, 0.15) is 12.1 Å². The van der Waals surface area contributed by atoms with Crippen molar-refractivity contribution in [2.24, 2.45) is 34.5 Å². The van der Waals surface area contributed by atoms with Crippen molar-refractivity contribution < 1.29 is 50.0 Å². The van der Waals surface area contributed by atoms with Gasteiger partial charge in [-0.05, 0) is 73.7 Å². The number of rotatable bonds is 6. The lowest BCUT2D eigenvalue weighted by molar-refractivity contribution is -0.937. The number of carbonyl (C=O) groups is 2. The average molecular weight is 708 g/mol. The van der Waals surface area contributed by atoms with Crippen molar-refractivity contribution in [2.45, 2.75) is 128 Å². The fourth-order valence-electron chi connectivity index (χ4n) is 12.7. The fraction of sp³-hybridized carbons (Fsp3) is 0.892. The van der Waals surface area contributed by atoms with Gasteiger partial charge >= 0.3 is 11.9 Å². The number of carbonyl (C=O) groups excluding carboxylic acids is 2. The highest BCUT2D eigenvalue weighted by molar-refractivity contribution is 5.66. The third-order valence-corrected chi connectivity index (χ3v) is 14.7. The van der Waals surface area contributed by atoms with Gasteiger partial charge in [-0.3, -0.25) is 14.5 Å². The molecule has 9 heteroatoms. The van der Waals surface area contributed by atoms with Crippen molar-refractivity contribution in [1.29, 1.82) is 0 Å². The summed E-state index contributed by atoms with van der Waals surface area (Å²) in [6.07, 6.45) is 14.3. The number of esters is 2. The van der Waals surface area contributed by atoms with E-state index in [-0.39, 0.29) is 58.0 Å². The molecule has 0 aromatic carbocycles. The first-order valence-corrected chi connectivity index (χ1v) is 18.4. The molecule has 0 radical (unpaired) electrons. The summed E-state index contributed by atoms with van der Waals surface area (Å²) >= 11 is 0. The molecular weight excluding hydrogens is 648 g/mol. The number of halogens is 1. The molecule has 7 rings (SSSR count). The summed E-state index contributed by atoms with van der Waals surface area (Å²) in [5, 5.41) is 0. The molecule has 0 aromatic rings. The van der Waals surface area contributed by atoms with Crippen LogP contribution in [0, 0.1) is 34.5 Å². The normalized spacial score (nSPS) is 44.3. The quantitative estimate of drug-likeness (QED) is 0.239. The first kappa shape index (κ1) is 34.8. The maximum atomic E-state index is 12.6. The Bertz CT molecular complexity index is 1140. The Morgan fingerprint density at radius 3 is 2.22 bits per heavy atom. The Hall–Kier alpha value is -1.00. The van der Waals surface area contributed by atoms with Crippen molar-refractivity contribution in [3.63, 3.8) is 0 Å². The van der Waals surface area contributed by atoms with E-state index < -0.39 is 5.79 Å². The van der Waals surface area contributed by atoms with Crippen LogP contribution >= 0.6 is 0 Å². The fourth-order valence-corrected chi connectivity index (χ4v) is 12.7. The van der Waals surface area contributed by atoms with E-state index >= 15 is 0 Å². The van der Waals surface area contributed by atoms with Crippen molar-refractivity contribution in [3.05, 3.63) is 12.7 Å². The van der Waals surface area contributed by atoms with Crippen LogP contribution in [0.2, 0.25) is 0 Å². The summed E-state index contributed by atoms with van der Waals surface area (Å²) in [6.45, 7) is 19.0. The molecule has 7 aliphatic rings. The van der Waals surface area contributed by atoms with E-state index in [0.29, 0.717) is 42.9 Å². The Kier molecular flexibility index (Phi) is 9.88. The Balaban J connectivity index is 0.00000372. The lowest BCUT2D eigenvalue weighted by Crippen LogP contribution is -3.00. The molecule has 3 aliphatic heterocycles. The monoisotopic (exact) mass is 706 g/mol. The lowest BCUT2D eigenvalue weighted by atomic mass is 9.44. The van der Waals surface area contributed by atoms with Gasteiger partial charge in [-0.15, -0.1) is 0 Å². The van der Waals surface area contributed by atoms with Crippen LogP contribution in [0.1, 0.15) is 98.3 Å². The number of likely N-dealkylation sites (tertiary alicyclic amines) is 2. The number of ether oxygens (including phenoxy) is 4. The third-order valence-electron chi connectivity index (χ3n) is 14.7. The minimum atomic E-state index is -0.406.